The van der Waals surface area contributed by atoms with Gasteiger partial charge < -0.3 is 5.11 Å². The first-order chi connectivity index (χ1) is 7.38. The molecular formula is C7H9F3N4O2. The van der Waals surface area contributed by atoms with Crippen molar-refractivity contribution in [3.63, 3.8) is 0 Å². The van der Waals surface area contributed by atoms with Gasteiger partial charge in [0.2, 0.25) is 0 Å². The summed E-state index contributed by atoms with van der Waals surface area (Å²) in [4.78, 5) is 10.3. The number of carbonyl (C=O) groups is 1. The molecule has 0 spiro atoms. The predicted octanol–water partition coefficient (Wildman–Crippen LogP) is 0.472. The van der Waals surface area contributed by atoms with E-state index in [-0.39, 0.29) is 5.69 Å². The Labute approximate surface area is 87.8 Å². The van der Waals surface area contributed by atoms with Crippen molar-refractivity contribution < 1.29 is 23.1 Å². The molecule has 0 aliphatic carbocycles. The number of aromatic amines is 1. The smallest absolute Gasteiger partial charge is 0.390 e. The van der Waals surface area contributed by atoms with E-state index in [2.05, 4.69) is 20.7 Å². The Morgan fingerprint density at radius 1 is 1.62 bits per heavy atom. The molecule has 0 bridgehead atoms. The summed E-state index contributed by atoms with van der Waals surface area (Å²) in [5.41, 5.74) is 0.0265. The van der Waals surface area contributed by atoms with Crippen molar-refractivity contribution in [3.05, 3.63) is 11.9 Å². The lowest BCUT2D eigenvalue weighted by Gasteiger charge is -2.16. The highest BCUT2D eigenvalue weighted by atomic mass is 19.4. The van der Waals surface area contributed by atoms with Crippen LogP contribution in [0.5, 0.6) is 0 Å². The fourth-order valence-corrected chi connectivity index (χ4v) is 1.10. The molecule has 1 rings (SSSR count). The molecule has 1 aromatic rings. The largest absolute Gasteiger partial charge is 0.480 e. The number of rotatable bonds is 5. The van der Waals surface area contributed by atoms with Gasteiger partial charge in [0.05, 0.1) is 30.9 Å². The third-order valence-corrected chi connectivity index (χ3v) is 1.73. The van der Waals surface area contributed by atoms with Crippen molar-refractivity contribution >= 4 is 5.97 Å². The van der Waals surface area contributed by atoms with Crippen LogP contribution in [0.25, 0.3) is 0 Å². The Hall–Kier alpha value is -1.64. The highest BCUT2D eigenvalue weighted by Crippen LogP contribution is 2.28. The Balaban J connectivity index is 2.66. The number of aromatic nitrogens is 3. The monoisotopic (exact) mass is 238 g/mol. The average molecular weight is 238 g/mol. The molecule has 0 aliphatic rings. The average Bonchev–Trinajstić information content (AvgIpc) is 2.62. The molecule has 6 nitrogen and oxygen atoms in total. The van der Waals surface area contributed by atoms with Gasteiger partial charge >= 0.3 is 12.1 Å². The summed E-state index contributed by atoms with van der Waals surface area (Å²) >= 11 is 0. The molecule has 0 aromatic carbocycles. The van der Waals surface area contributed by atoms with E-state index in [1.54, 1.807) is 0 Å². The highest BCUT2D eigenvalue weighted by Gasteiger charge is 2.33. The summed E-state index contributed by atoms with van der Waals surface area (Å²) in [6.07, 6.45) is -4.49. The van der Waals surface area contributed by atoms with Crippen LogP contribution < -0.4 is 5.32 Å². The number of hydrogen-bond acceptors (Lipinski definition) is 4. The van der Waals surface area contributed by atoms with Crippen molar-refractivity contribution in [1.82, 2.24) is 20.7 Å². The molecule has 0 radical (unpaired) electrons. The maximum absolute atomic E-state index is 12.2. The molecular weight excluding hydrogens is 229 g/mol. The normalized spacial score (nSPS) is 13.7. The minimum atomic E-state index is -4.41. The second-order valence-corrected chi connectivity index (χ2v) is 3.04. The third kappa shape index (κ3) is 4.26. The lowest BCUT2D eigenvalue weighted by Crippen LogP contribution is -2.31. The van der Waals surface area contributed by atoms with Gasteiger partial charge in [-0.25, -0.2) is 0 Å². The lowest BCUT2D eigenvalue weighted by atomic mass is 10.1. The van der Waals surface area contributed by atoms with Crippen LogP contribution >= 0.6 is 0 Å². The van der Waals surface area contributed by atoms with Gasteiger partial charge in [0, 0.05) is 0 Å². The standard InChI is InChI=1S/C7H9F3N4O2/c8-7(9,10)1-4(11-3-6(15)16)5-2-12-14-13-5/h2,4,11H,1,3H2,(H,15,16)(H,12,13,14). The summed E-state index contributed by atoms with van der Waals surface area (Å²) in [5.74, 6) is -1.24. The molecule has 0 saturated carbocycles. The zero-order chi connectivity index (χ0) is 12.2. The van der Waals surface area contributed by atoms with E-state index in [1.165, 1.54) is 0 Å². The second kappa shape index (κ2) is 4.92. The Bertz CT molecular complexity index is 338. The number of carboxylic acids is 1. The summed E-state index contributed by atoms with van der Waals surface area (Å²) in [6, 6.07) is -1.21. The van der Waals surface area contributed by atoms with Crippen LogP contribution in [0.1, 0.15) is 18.2 Å². The van der Waals surface area contributed by atoms with Gasteiger partial charge in [0.15, 0.2) is 0 Å². The van der Waals surface area contributed by atoms with E-state index < -0.39 is 31.2 Å². The van der Waals surface area contributed by atoms with Crippen LogP contribution in [0.3, 0.4) is 0 Å². The predicted molar refractivity (Wildman–Crippen MR) is 45.4 cm³/mol. The third-order valence-electron chi connectivity index (χ3n) is 1.73. The number of H-pyrrole nitrogens is 1. The van der Waals surface area contributed by atoms with Crippen LogP contribution in [0.4, 0.5) is 13.2 Å². The molecule has 3 N–H and O–H groups in total. The van der Waals surface area contributed by atoms with E-state index >= 15 is 0 Å². The first kappa shape index (κ1) is 12.4. The van der Waals surface area contributed by atoms with Crippen molar-refractivity contribution in [1.29, 1.82) is 0 Å². The SMILES string of the molecule is O=C(O)CNC(CC(F)(F)F)c1cn[nH]n1. The van der Waals surface area contributed by atoms with Crippen molar-refractivity contribution in [2.75, 3.05) is 6.54 Å². The summed E-state index contributed by atoms with van der Waals surface area (Å²) in [5, 5.41) is 19.6. The molecule has 1 unspecified atom stereocenters. The van der Waals surface area contributed by atoms with Crippen LogP contribution in [-0.4, -0.2) is 39.2 Å². The van der Waals surface area contributed by atoms with E-state index in [0.29, 0.717) is 0 Å². The fraction of sp³-hybridized carbons (Fsp3) is 0.571. The Morgan fingerprint density at radius 3 is 2.75 bits per heavy atom. The Kier molecular flexibility index (Phi) is 3.82. The quantitative estimate of drug-likeness (QED) is 0.693. The van der Waals surface area contributed by atoms with Crippen LogP contribution in [0.2, 0.25) is 0 Å². The molecule has 1 atom stereocenters. The number of aliphatic carboxylic acids is 1. The number of carboxylic acid groups (broad SMARTS) is 1. The maximum atomic E-state index is 12.2. The molecule has 0 aliphatic heterocycles. The van der Waals surface area contributed by atoms with E-state index in [0.717, 1.165) is 6.20 Å². The molecule has 90 valence electrons. The fourth-order valence-electron chi connectivity index (χ4n) is 1.10. The van der Waals surface area contributed by atoms with E-state index in [4.69, 9.17) is 5.11 Å². The number of nitrogens with one attached hydrogen (secondary N) is 2. The van der Waals surface area contributed by atoms with Gasteiger partial charge in [-0.05, 0) is 0 Å². The highest BCUT2D eigenvalue weighted by molar-refractivity contribution is 5.69. The van der Waals surface area contributed by atoms with Gasteiger partial charge in [0.1, 0.15) is 0 Å². The summed E-state index contributed by atoms with van der Waals surface area (Å²) in [7, 11) is 0. The van der Waals surface area contributed by atoms with Gasteiger partial charge in [0.25, 0.3) is 0 Å². The first-order valence-corrected chi connectivity index (χ1v) is 4.26. The van der Waals surface area contributed by atoms with Crippen LogP contribution in [0.15, 0.2) is 6.20 Å². The summed E-state index contributed by atoms with van der Waals surface area (Å²) < 4.78 is 36.5. The van der Waals surface area contributed by atoms with Crippen molar-refractivity contribution in [2.45, 2.75) is 18.6 Å². The van der Waals surface area contributed by atoms with Crippen LogP contribution in [-0.2, 0) is 4.79 Å². The minimum Gasteiger partial charge on any atom is -0.480 e. The van der Waals surface area contributed by atoms with E-state index in [1.807, 2.05) is 0 Å². The molecule has 1 aromatic heterocycles. The van der Waals surface area contributed by atoms with E-state index in [9.17, 15) is 18.0 Å². The number of hydrogen-bond donors (Lipinski definition) is 3. The van der Waals surface area contributed by atoms with Gasteiger partial charge in [-0.3, -0.25) is 10.1 Å². The molecule has 0 saturated heterocycles. The van der Waals surface area contributed by atoms with Crippen molar-refractivity contribution in [3.8, 4) is 0 Å². The molecule has 9 heteroatoms. The van der Waals surface area contributed by atoms with Crippen LogP contribution in [0, 0.1) is 0 Å². The van der Waals surface area contributed by atoms with Gasteiger partial charge in [-0.2, -0.15) is 28.6 Å². The zero-order valence-electron chi connectivity index (χ0n) is 7.95. The lowest BCUT2D eigenvalue weighted by molar-refractivity contribution is -0.144. The van der Waals surface area contributed by atoms with Crippen molar-refractivity contribution in [2.24, 2.45) is 0 Å². The van der Waals surface area contributed by atoms with Gasteiger partial charge in [-0.1, -0.05) is 0 Å². The van der Waals surface area contributed by atoms with Gasteiger partial charge in [-0.15, -0.1) is 0 Å². The summed E-state index contributed by atoms with van der Waals surface area (Å²) in [6.45, 7) is -0.576. The number of halogens is 3. The Morgan fingerprint density at radius 2 is 2.31 bits per heavy atom. The molecule has 0 fully saturated rings. The maximum Gasteiger partial charge on any atom is 0.390 e. The number of nitrogens with zero attached hydrogens (tertiary/aromatic N) is 2. The zero-order valence-corrected chi connectivity index (χ0v) is 7.95. The number of alkyl halides is 3. The second-order valence-electron chi connectivity index (χ2n) is 3.04. The minimum absolute atomic E-state index is 0.0265. The molecule has 0 amide bonds. The molecule has 1 heterocycles. The molecule has 16 heavy (non-hydrogen) atoms. The first-order valence-electron chi connectivity index (χ1n) is 4.26. The topological polar surface area (TPSA) is 90.9 Å².